The number of hydrogen-bond donors (Lipinski definition) is 0. The van der Waals surface area contributed by atoms with Gasteiger partial charge in [-0.25, -0.2) is 0 Å². The van der Waals surface area contributed by atoms with Crippen LogP contribution in [0, 0.1) is 0 Å². The van der Waals surface area contributed by atoms with Crippen LogP contribution in [0.4, 0.5) is 0 Å². The van der Waals surface area contributed by atoms with Gasteiger partial charge in [-0.15, -0.1) is 0 Å². The Kier molecular flexibility index (Phi) is 6.42. The molecule has 5 aromatic carbocycles. The third kappa shape index (κ3) is 3.95. The van der Waals surface area contributed by atoms with Gasteiger partial charge in [-0.2, -0.15) is 0 Å². The minimum atomic E-state index is -2.53. The molecule has 0 aliphatic carbocycles. The maximum Gasteiger partial charge on any atom is 0.194 e. The summed E-state index contributed by atoms with van der Waals surface area (Å²) in [5.41, 5.74) is 3.89. The number of carbonyl (C=O) groups is 1. The summed E-state index contributed by atoms with van der Waals surface area (Å²) in [6, 6.07) is 47.4. The van der Waals surface area contributed by atoms with Crippen molar-refractivity contribution in [2.45, 2.75) is 0 Å². The fourth-order valence-corrected chi connectivity index (χ4v) is 9.96. The molecule has 0 fully saturated rings. The lowest BCUT2D eigenvalue weighted by Crippen LogP contribution is -2.36. The fraction of sp³-hybridized carbons (Fsp3) is 0.0286. The fourth-order valence-electron chi connectivity index (χ4n) is 5.43. The maximum atomic E-state index is 14.6. The molecule has 0 spiro atoms. The summed E-state index contributed by atoms with van der Waals surface area (Å²) in [5, 5.41) is 4.35. The Bertz CT molecular complexity index is 1660. The lowest BCUT2D eigenvalue weighted by Gasteiger charge is -2.36. The van der Waals surface area contributed by atoms with Crippen molar-refractivity contribution in [2.24, 2.45) is 0 Å². The number of ketones is 1. The van der Waals surface area contributed by atoms with E-state index in [4.69, 9.17) is 4.74 Å². The first-order valence-corrected chi connectivity index (χ1v) is 14.5. The van der Waals surface area contributed by atoms with E-state index < -0.39 is 6.89 Å². The molecule has 0 saturated heterocycles. The number of Topliss-reactive ketones (excluding diaryl/α,β-unsaturated/α-hetero) is 1. The topological polar surface area (TPSA) is 26.3 Å². The van der Waals surface area contributed by atoms with Crippen molar-refractivity contribution in [1.82, 2.24) is 0 Å². The molecular formula is C35H27O2P. The van der Waals surface area contributed by atoms with E-state index in [0.717, 1.165) is 27.7 Å². The SMILES string of the molecule is COc1cccc(C2=CC(C(=O)c3ccccc3)=P(c3ccccc3)(c3ccccc3)c3ccccc32)c1. The summed E-state index contributed by atoms with van der Waals surface area (Å²) in [6.07, 6.45) is 2.15. The first-order chi connectivity index (χ1) is 18.7. The van der Waals surface area contributed by atoms with E-state index in [1.54, 1.807) is 7.11 Å². The monoisotopic (exact) mass is 510 g/mol. The van der Waals surface area contributed by atoms with Gasteiger partial charge < -0.3 is 4.74 Å². The Morgan fingerprint density at radius 1 is 0.632 bits per heavy atom. The molecule has 38 heavy (non-hydrogen) atoms. The second kappa shape index (κ2) is 10.2. The van der Waals surface area contributed by atoms with Crippen LogP contribution in [0.15, 0.2) is 146 Å². The Morgan fingerprint density at radius 2 is 1.21 bits per heavy atom. The standard InChI is InChI=1S/C35H27O2P/c1-37-28-17-13-16-27(24-28)32-25-34(35(36)26-14-5-2-6-15-26)38(29-18-7-3-8-19-29,30-20-9-4-10-21-30)33-23-12-11-22-31(32)33/h2-25H,1H3. The number of benzene rings is 5. The molecule has 0 atom stereocenters. The van der Waals surface area contributed by atoms with Crippen molar-refractivity contribution < 1.29 is 9.53 Å². The van der Waals surface area contributed by atoms with Crippen molar-refractivity contribution >= 4 is 39.4 Å². The summed E-state index contributed by atoms with van der Waals surface area (Å²) in [4.78, 5) is 14.6. The molecule has 6 rings (SSSR count). The van der Waals surface area contributed by atoms with Crippen LogP contribution >= 0.6 is 6.89 Å². The zero-order valence-corrected chi connectivity index (χ0v) is 22.0. The zero-order valence-electron chi connectivity index (χ0n) is 21.1. The average molecular weight is 511 g/mol. The molecule has 0 radical (unpaired) electrons. The highest BCUT2D eigenvalue weighted by molar-refractivity contribution is 7.97. The average Bonchev–Trinajstić information content (AvgIpc) is 3.01. The maximum absolute atomic E-state index is 14.6. The van der Waals surface area contributed by atoms with E-state index in [1.807, 2.05) is 60.7 Å². The lowest BCUT2D eigenvalue weighted by atomic mass is 9.95. The van der Waals surface area contributed by atoms with E-state index in [-0.39, 0.29) is 5.78 Å². The van der Waals surface area contributed by atoms with Gasteiger partial charge in [-0.1, -0.05) is 127 Å². The van der Waals surface area contributed by atoms with E-state index in [0.29, 0.717) is 5.56 Å². The van der Waals surface area contributed by atoms with Crippen LogP contribution in [0.3, 0.4) is 0 Å². The van der Waals surface area contributed by atoms with Crippen LogP contribution in [0.1, 0.15) is 21.5 Å². The molecule has 2 nitrogen and oxygen atoms in total. The third-order valence-corrected chi connectivity index (χ3v) is 11.4. The molecule has 0 unspecified atom stereocenters. The summed E-state index contributed by atoms with van der Waals surface area (Å²) >= 11 is 0. The summed E-state index contributed by atoms with van der Waals surface area (Å²) in [6.45, 7) is -2.53. The molecule has 1 aliphatic rings. The van der Waals surface area contributed by atoms with Crippen molar-refractivity contribution in [1.29, 1.82) is 0 Å². The third-order valence-electron chi connectivity index (χ3n) is 7.13. The molecule has 5 aromatic rings. The molecule has 0 saturated carbocycles. The summed E-state index contributed by atoms with van der Waals surface area (Å²) in [7, 11) is 1.68. The molecule has 1 aliphatic heterocycles. The number of ether oxygens (including phenoxy) is 1. The minimum Gasteiger partial charge on any atom is -0.497 e. The van der Waals surface area contributed by atoms with E-state index in [2.05, 4.69) is 84.9 Å². The van der Waals surface area contributed by atoms with Gasteiger partial charge in [0.25, 0.3) is 0 Å². The summed E-state index contributed by atoms with van der Waals surface area (Å²) in [5.74, 6) is 0.844. The number of fused-ring (bicyclic) bond motifs is 1. The van der Waals surface area contributed by atoms with Crippen LogP contribution in [0.5, 0.6) is 5.75 Å². The highest BCUT2D eigenvalue weighted by Crippen LogP contribution is 2.52. The predicted molar refractivity (Wildman–Crippen MR) is 161 cm³/mol. The molecule has 0 aromatic heterocycles. The Hall–Kier alpha value is -4.39. The molecule has 0 amide bonds. The number of allylic oxidation sites excluding steroid dienone is 1. The normalized spacial score (nSPS) is 13.8. The number of methoxy groups -OCH3 is 1. The second-order valence-electron chi connectivity index (χ2n) is 9.23. The van der Waals surface area contributed by atoms with Gasteiger partial charge in [0.05, 0.1) is 7.11 Å². The second-order valence-corrected chi connectivity index (χ2v) is 12.6. The van der Waals surface area contributed by atoms with E-state index in [9.17, 15) is 4.79 Å². The molecule has 184 valence electrons. The van der Waals surface area contributed by atoms with Crippen LogP contribution in [0.2, 0.25) is 0 Å². The molecule has 1 heterocycles. The minimum absolute atomic E-state index is 0.0570. The van der Waals surface area contributed by atoms with Crippen LogP contribution < -0.4 is 20.7 Å². The van der Waals surface area contributed by atoms with Crippen LogP contribution in [-0.4, -0.2) is 18.2 Å². The number of carbonyl (C=O) groups excluding carboxylic acids is 1. The molecule has 0 N–H and O–H groups in total. The smallest absolute Gasteiger partial charge is 0.194 e. The van der Waals surface area contributed by atoms with E-state index >= 15 is 0 Å². The lowest BCUT2D eigenvalue weighted by molar-refractivity contribution is 0.106. The van der Waals surface area contributed by atoms with Gasteiger partial charge >= 0.3 is 0 Å². The predicted octanol–water partition coefficient (Wildman–Crippen LogP) is 6.49. The van der Waals surface area contributed by atoms with Gasteiger partial charge in [0.1, 0.15) is 5.75 Å². The summed E-state index contributed by atoms with van der Waals surface area (Å²) < 4.78 is 5.56. The van der Waals surface area contributed by atoms with E-state index in [1.165, 1.54) is 15.9 Å². The number of hydrogen-bond acceptors (Lipinski definition) is 2. The first-order valence-electron chi connectivity index (χ1n) is 12.7. The van der Waals surface area contributed by atoms with Crippen molar-refractivity contribution in [3.05, 3.63) is 162 Å². The Morgan fingerprint density at radius 3 is 1.84 bits per heavy atom. The van der Waals surface area contributed by atoms with Crippen LogP contribution in [0.25, 0.3) is 5.57 Å². The highest BCUT2D eigenvalue weighted by atomic mass is 31.2. The van der Waals surface area contributed by atoms with Gasteiger partial charge in [0, 0.05) is 10.9 Å². The quantitative estimate of drug-likeness (QED) is 0.193. The van der Waals surface area contributed by atoms with Crippen molar-refractivity contribution in [3.63, 3.8) is 0 Å². The van der Waals surface area contributed by atoms with Crippen molar-refractivity contribution in [2.75, 3.05) is 7.11 Å². The van der Waals surface area contributed by atoms with Crippen molar-refractivity contribution in [3.8, 4) is 5.75 Å². The Balaban J connectivity index is 1.82. The van der Waals surface area contributed by atoms with Gasteiger partial charge in [0.2, 0.25) is 0 Å². The zero-order chi connectivity index (χ0) is 26.0. The molecular weight excluding hydrogens is 483 g/mol. The van der Waals surface area contributed by atoms with Gasteiger partial charge in [-0.05, 0) is 57.7 Å². The Labute approximate surface area is 223 Å². The molecule has 3 heteroatoms. The largest absolute Gasteiger partial charge is 0.497 e. The first kappa shape index (κ1) is 24.0. The number of rotatable bonds is 6. The highest BCUT2D eigenvalue weighted by Gasteiger charge is 2.37. The van der Waals surface area contributed by atoms with Gasteiger partial charge in [-0.3, -0.25) is 4.79 Å². The van der Waals surface area contributed by atoms with Crippen LogP contribution in [-0.2, 0) is 0 Å². The molecule has 0 bridgehead atoms. The van der Waals surface area contributed by atoms with Gasteiger partial charge in [0.15, 0.2) is 5.78 Å².